The molecule has 2 amide bonds. The Morgan fingerprint density at radius 3 is 2.23 bits per heavy atom. The number of aryl methyl sites for hydroxylation is 1. The van der Waals surface area contributed by atoms with E-state index in [0.717, 1.165) is 11.3 Å². The molecule has 2 aromatic carbocycles. The van der Waals surface area contributed by atoms with Gasteiger partial charge in [-0.2, -0.15) is 0 Å². The van der Waals surface area contributed by atoms with Crippen LogP contribution in [0.25, 0.3) is 0 Å². The van der Waals surface area contributed by atoms with Gasteiger partial charge >= 0.3 is 0 Å². The van der Waals surface area contributed by atoms with Crippen molar-refractivity contribution >= 4 is 11.8 Å². The van der Waals surface area contributed by atoms with Crippen molar-refractivity contribution in [3.63, 3.8) is 0 Å². The third-order valence-corrected chi connectivity index (χ3v) is 3.62. The SMILES string of the molecule is COc1ccc(CCC(=O)NNC(=O)C(C)Oc2ccc(F)cc2)cc1. The molecule has 0 aliphatic heterocycles. The van der Waals surface area contributed by atoms with Gasteiger partial charge in [-0.15, -0.1) is 0 Å². The summed E-state index contributed by atoms with van der Waals surface area (Å²) < 4.78 is 23.3. The largest absolute Gasteiger partial charge is 0.497 e. The smallest absolute Gasteiger partial charge is 0.279 e. The van der Waals surface area contributed by atoms with E-state index in [4.69, 9.17) is 9.47 Å². The first kappa shape index (κ1) is 19.2. The van der Waals surface area contributed by atoms with Gasteiger partial charge in [0.1, 0.15) is 17.3 Å². The standard InChI is InChI=1S/C19H21FN2O4/c1-13(26-17-10-6-15(20)7-11-17)19(24)22-21-18(23)12-5-14-3-8-16(25-2)9-4-14/h3-4,6-11,13H,5,12H2,1-2H3,(H,21,23)(H,22,24). The molecule has 1 atom stereocenters. The van der Waals surface area contributed by atoms with Crippen molar-refractivity contribution in [2.75, 3.05) is 7.11 Å². The molecule has 2 rings (SSSR count). The van der Waals surface area contributed by atoms with E-state index in [0.29, 0.717) is 12.2 Å². The van der Waals surface area contributed by atoms with Crippen LogP contribution < -0.4 is 20.3 Å². The summed E-state index contributed by atoms with van der Waals surface area (Å²) >= 11 is 0. The van der Waals surface area contributed by atoms with Crippen LogP contribution in [0.1, 0.15) is 18.9 Å². The van der Waals surface area contributed by atoms with Crippen molar-refractivity contribution in [2.45, 2.75) is 25.9 Å². The van der Waals surface area contributed by atoms with E-state index in [1.165, 1.54) is 31.2 Å². The van der Waals surface area contributed by atoms with Gasteiger partial charge in [-0.3, -0.25) is 20.4 Å². The molecule has 0 heterocycles. The Labute approximate surface area is 151 Å². The monoisotopic (exact) mass is 360 g/mol. The van der Waals surface area contributed by atoms with Crippen LogP contribution in [0.2, 0.25) is 0 Å². The number of amides is 2. The first-order valence-electron chi connectivity index (χ1n) is 8.12. The molecule has 6 nitrogen and oxygen atoms in total. The zero-order chi connectivity index (χ0) is 18.9. The second kappa shape index (κ2) is 9.41. The summed E-state index contributed by atoms with van der Waals surface area (Å²) in [6, 6.07) is 12.7. The lowest BCUT2D eigenvalue weighted by Crippen LogP contribution is -2.47. The van der Waals surface area contributed by atoms with Gasteiger partial charge in [0.2, 0.25) is 5.91 Å². The van der Waals surface area contributed by atoms with Crippen molar-refractivity contribution in [2.24, 2.45) is 0 Å². The molecular formula is C19H21FN2O4. The van der Waals surface area contributed by atoms with Crippen molar-refractivity contribution < 1.29 is 23.5 Å². The highest BCUT2D eigenvalue weighted by Crippen LogP contribution is 2.13. The topological polar surface area (TPSA) is 76.7 Å². The van der Waals surface area contributed by atoms with Gasteiger partial charge in [0.25, 0.3) is 5.91 Å². The van der Waals surface area contributed by atoms with E-state index in [1.54, 1.807) is 7.11 Å². The fraction of sp³-hybridized carbons (Fsp3) is 0.263. The van der Waals surface area contributed by atoms with Gasteiger partial charge in [-0.05, 0) is 55.3 Å². The minimum absolute atomic E-state index is 0.222. The maximum absolute atomic E-state index is 12.8. The van der Waals surface area contributed by atoms with Gasteiger partial charge in [0.15, 0.2) is 6.10 Å². The third kappa shape index (κ3) is 6.08. The highest BCUT2D eigenvalue weighted by molar-refractivity contribution is 5.84. The number of nitrogens with one attached hydrogen (secondary N) is 2. The first-order chi connectivity index (χ1) is 12.5. The number of methoxy groups -OCH3 is 1. The Kier molecular flexibility index (Phi) is 6.96. The zero-order valence-electron chi connectivity index (χ0n) is 14.6. The fourth-order valence-electron chi connectivity index (χ4n) is 2.12. The number of benzene rings is 2. The van der Waals surface area contributed by atoms with Gasteiger partial charge in [0.05, 0.1) is 7.11 Å². The Morgan fingerprint density at radius 2 is 1.62 bits per heavy atom. The lowest BCUT2D eigenvalue weighted by Gasteiger charge is -2.15. The Bertz CT molecular complexity index is 732. The lowest BCUT2D eigenvalue weighted by atomic mass is 10.1. The van der Waals surface area contributed by atoms with Gasteiger partial charge in [0, 0.05) is 6.42 Å². The van der Waals surface area contributed by atoms with E-state index in [2.05, 4.69) is 10.9 Å². The summed E-state index contributed by atoms with van der Waals surface area (Å²) in [5.41, 5.74) is 5.65. The second-order valence-corrected chi connectivity index (χ2v) is 5.60. The minimum atomic E-state index is -0.845. The van der Waals surface area contributed by atoms with E-state index < -0.39 is 17.8 Å². The van der Waals surface area contributed by atoms with Crippen LogP contribution in [0.4, 0.5) is 4.39 Å². The highest BCUT2D eigenvalue weighted by atomic mass is 19.1. The lowest BCUT2D eigenvalue weighted by molar-refractivity contribution is -0.132. The molecule has 0 spiro atoms. The van der Waals surface area contributed by atoms with Crippen LogP contribution >= 0.6 is 0 Å². The molecule has 0 saturated heterocycles. The van der Waals surface area contributed by atoms with Crippen molar-refractivity contribution in [1.29, 1.82) is 0 Å². The number of hydrazine groups is 1. The van der Waals surface area contributed by atoms with E-state index in [1.807, 2.05) is 24.3 Å². The quantitative estimate of drug-likeness (QED) is 0.744. The normalized spacial score (nSPS) is 11.3. The predicted molar refractivity (Wildman–Crippen MR) is 94.1 cm³/mol. The number of hydrogen-bond acceptors (Lipinski definition) is 4. The van der Waals surface area contributed by atoms with Crippen molar-refractivity contribution in [3.8, 4) is 11.5 Å². The predicted octanol–water partition coefficient (Wildman–Crippen LogP) is 2.38. The molecule has 2 aromatic rings. The number of halogens is 1. The summed E-state index contributed by atoms with van der Waals surface area (Å²) in [4.78, 5) is 23.8. The molecule has 0 aliphatic carbocycles. The van der Waals surface area contributed by atoms with Crippen molar-refractivity contribution in [1.82, 2.24) is 10.9 Å². The van der Waals surface area contributed by atoms with Crippen LogP contribution in [0.5, 0.6) is 11.5 Å². The first-order valence-corrected chi connectivity index (χ1v) is 8.12. The van der Waals surface area contributed by atoms with Gasteiger partial charge in [-0.1, -0.05) is 12.1 Å². The Morgan fingerprint density at radius 1 is 1.00 bits per heavy atom. The minimum Gasteiger partial charge on any atom is -0.497 e. The van der Waals surface area contributed by atoms with Crippen molar-refractivity contribution in [3.05, 3.63) is 59.9 Å². The molecule has 0 saturated carbocycles. The molecule has 26 heavy (non-hydrogen) atoms. The maximum Gasteiger partial charge on any atom is 0.279 e. The summed E-state index contributed by atoms with van der Waals surface area (Å²) in [5, 5.41) is 0. The molecule has 7 heteroatoms. The summed E-state index contributed by atoms with van der Waals surface area (Å²) in [6.45, 7) is 1.53. The zero-order valence-corrected chi connectivity index (χ0v) is 14.6. The molecule has 0 aromatic heterocycles. The molecule has 0 bridgehead atoms. The van der Waals surface area contributed by atoms with Crippen LogP contribution in [0, 0.1) is 5.82 Å². The highest BCUT2D eigenvalue weighted by Gasteiger charge is 2.15. The summed E-state index contributed by atoms with van der Waals surface area (Å²) in [6.07, 6.45) is -0.0880. The number of ether oxygens (including phenoxy) is 2. The van der Waals surface area contributed by atoms with E-state index in [9.17, 15) is 14.0 Å². The molecule has 0 radical (unpaired) electrons. The Hall–Kier alpha value is -3.09. The van der Waals surface area contributed by atoms with Crippen LogP contribution in [-0.4, -0.2) is 25.0 Å². The molecular weight excluding hydrogens is 339 g/mol. The maximum atomic E-state index is 12.8. The average Bonchev–Trinajstić information content (AvgIpc) is 2.66. The third-order valence-electron chi connectivity index (χ3n) is 3.62. The van der Waals surface area contributed by atoms with E-state index >= 15 is 0 Å². The molecule has 2 N–H and O–H groups in total. The fourth-order valence-corrected chi connectivity index (χ4v) is 2.12. The summed E-state index contributed by atoms with van der Waals surface area (Å²) in [7, 11) is 1.59. The van der Waals surface area contributed by atoms with Crippen LogP contribution in [0.15, 0.2) is 48.5 Å². The molecule has 1 unspecified atom stereocenters. The second-order valence-electron chi connectivity index (χ2n) is 5.60. The average molecular weight is 360 g/mol. The van der Waals surface area contributed by atoms with E-state index in [-0.39, 0.29) is 12.3 Å². The van der Waals surface area contributed by atoms with Crippen LogP contribution in [-0.2, 0) is 16.0 Å². The number of carbonyl (C=O) groups is 2. The van der Waals surface area contributed by atoms with Crippen LogP contribution in [0.3, 0.4) is 0 Å². The number of rotatable bonds is 7. The number of hydrogen-bond donors (Lipinski definition) is 2. The summed E-state index contributed by atoms with van der Waals surface area (Å²) in [5.74, 6) is -0.102. The Balaban J connectivity index is 1.71. The molecule has 0 aliphatic rings. The molecule has 0 fully saturated rings. The molecule has 138 valence electrons. The van der Waals surface area contributed by atoms with Gasteiger partial charge in [-0.25, -0.2) is 4.39 Å². The van der Waals surface area contributed by atoms with Gasteiger partial charge < -0.3 is 9.47 Å². The number of carbonyl (C=O) groups excluding carboxylic acids is 2.